The lowest BCUT2D eigenvalue weighted by molar-refractivity contribution is 0.589. The molecular weight excluding hydrogens is 306 g/mol. The molecule has 0 aromatic carbocycles. The average Bonchev–Trinajstić information content (AvgIpc) is 1.82. The second-order valence-corrected chi connectivity index (χ2v) is 4.73. The summed E-state index contributed by atoms with van der Waals surface area (Å²) < 4.78 is 2.00. The molecule has 0 aromatic rings. The molecule has 0 saturated carbocycles. The van der Waals surface area contributed by atoms with Gasteiger partial charge in [-0.2, -0.15) is 0 Å². The number of hydrogen-bond acceptors (Lipinski definition) is 0. The molecule has 0 bridgehead atoms. The first kappa shape index (κ1) is 10.6. The molecule has 0 aromatic heterocycles. The van der Waals surface area contributed by atoms with Crippen LogP contribution >= 0.6 is 45.8 Å². The second kappa shape index (κ2) is 3.72. The van der Waals surface area contributed by atoms with Crippen molar-refractivity contribution < 1.29 is 0 Å². The van der Waals surface area contributed by atoms with E-state index in [1.807, 2.05) is 10.2 Å². The molecule has 0 fully saturated rings. The molecule has 3 heteroatoms. The smallest absolute Gasteiger partial charge is 0.0465 e. The lowest BCUT2D eigenvalue weighted by atomic mass is 9.82. The molecule has 0 radical (unpaired) electrons. The molecule has 0 saturated heterocycles. The summed E-state index contributed by atoms with van der Waals surface area (Å²) in [7, 11) is 0. The van der Waals surface area contributed by atoms with Gasteiger partial charge in [0, 0.05) is 15.5 Å². The number of allylic oxidation sites excluding steroid dienone is 5. The van der Waals surface area contributed by atoms with Crippen molar-refractivity contribution in [1.29, 1.82) is 0 Å². The van der Waals surface area contributed by atoms with Crippen LogP contribution < -0.4 is 0 Å². The monoisotopic (exact) mass is 314 g/mol. The van der Waals surface area contributed by atoms with Gasteiger partial charge in [0.1, 0.15) is 0 Å². The van der Waals surface area contributed by atoms with E-state index in [4.69, 9.17) is 23.2 Å². The van der Waals surface area contributed by atoms with Crippen LogP contribution in [-0.4, -0.2) is 0 Å². The van der Waals surface area contributed by atoms with E-state index in [1.165, 1.54) is 0 Å². The molecule has 1 rings (SSSR count). The summed E-state index contributed by atoms with van der Waals surface area (Å²) in [4.78, 5) is 0. The Morgan fingerprint density at radius 2 is 2.00 bits per heavy atom. The van der Waals surface area contributed by atoms with Gasteiger partial charge in [-0.1, -0.05) is 65.7 Å². The summed E-state index contributed by atoms with van der Waals surface area (Å²) in [6, 6.07) is 0. The van der Waals surface area contributed by atoms with Crippen LogP contribution in [0.4, 0.5) is 0 Å². The van der Waals surface area contributed by atoms with E-state index in [1.54, 1.807) is 6.08 Å². The molecule has 0 heterocycles. The molecule has 0 atom stereocenters. The van der Waals surface area contributed by atoms with Crippen molar-refractivity contribution in [3.63, 3.8) is 0 Å². The van der Waals surface area contributed by atoms with E-state index in [0.717, 1.165) is 10.6 Å². The molecule has 0 nitrogen and oxygen atoms in total. The molecule has 12 heavy (non-hydrogen) atoms. The predicted octanol–water partition coefficient (Wildman–Crippen LogP) is 4.59. The van der Waals surface area contributed by atoms with Crippen molar-refractivity contribution in [2.75, 3.05) is 0 Å². The minimum Gasteiger partial charge on any atom is -0.0846 e. The third-order valence-corrected chi connectivity index (χ3v) is 2.98. The Bertz CT molecular complexity index is 285. The van der Waals surface area contributed by atoms with Gasteiger partial charge in [-0.3, -0.25) is 0 Å². The van der Waals surface area contributed by atoms with E-state index in [2.05, 4.69) is 36.4 Å². The molecule has 0 unspecified atom stereocenters. The predicted molar refractivity (Wildman–Crippen MR) is 63.8 cm³/mol. The molecular formula is C9H9Cl2I. The zero-order valence-corrected chi connectivity index (χ0v) is 10.5. The SMILES string of the molecule is CC1(C)C=C(Cl)C=C(Cl)/C1=C\I. The van der Waals surface area contributed by atoms with Crippen LogP contribution in [0.15, 0.2) is 31.9 Å². The maximum Gasteiger partial charge on any atom is 0.0465 e. The largest absolute Gasteiger partial charge is 0.0846 e. The molecule has 0 amide bonds. The first-order chi connectivity index (χ1) is 5.47. The Morgan fingerprint density at radius 3 is 2.42 bits per heavy atom. The third-order valence-electron chi connectivity index (χ3n) is 1.82. The van der Waals surface area contributed by atoms with Gasteiger partial charge in [0.05, 0.1) is 0 Å². The normalized spacial score (nSPS) is 25.2. The van der Waals surface area contributed by atoms with E-state index in [9.17, 15) is 0 Å². The van der Waals surface area contributed by atoms with Crippen molar-refractivity contribution in [1.82, 2.24) is 0 Å². The van der Waals surface area contributed by atoms with Crippen LogP contribution in [0.3, 0.4) is 0 Å². The van der Waals surface area contributed by atoms with Gasteiger partial charge in [0.15, 0.2) is 0 Å². The summed E-state index contributed by atoms with van der Waals surface area (Å²) in [5.41, 5.74) is 1.07. The highest BCUT2D eigenvalue weighted by molar-refractivity contribution is 14.1. The van der Waals surface area contributed by atoms with Crippen LogP contribution in [0.2, 0.25) is 0 Å². The molecule has 0 aliphatic heterocycles. The van der Waals surface area contributed by atoms with E-state index < -0.39 is 0 Å². The fourth-order valence-electron chi connectivity index (χ4n) is 1.16. The molecule has 1 aliphatic rings. The van der Waals surface area contributed by atoms with Crippen molar-refractivity contribution >= 4 is 45.8 Å². The minimum atomic E-state index is -0.0515. The zero-order valence-electron chi connectivity index (χ0n) is 6.87. The third kappa shape index (κ3) is 2.06. The molecule has 1 aliphatic carbocycles. The maximum atomic E-state index is 6.02. The number of halogens is 3. The Balaban J connectivity index is 3.18. The maximum absolute atomic E-state index is 6.02. The van der Waals surface area contributed by atoms with E-state index >= 15 is 0 Å². The van der Waals surface area contributed by atoms with Gasteiger partial charge >= 0.3 is 0 Å². The fraction of sp³-hybridized carbons (Fsp3) is 0.333. The summed E-state index contributed by atoms with van der Waals surface area (Å²) in [5, 5.41) is 1.45. The Kier molecular flexibility index (Phi) is 3.29. The van der Waals surface area contributed by atoms with Gasteiger partial charge < -0.3 is 0 Å². The van der Waals surface area contributed by atoms with Crippen molar-refractivity contribution in [2.24, 2.45) is 5.41 Å². The quantitative estimate of drug-likeness (QED) is 0.574. The van der Waals surface area contributed by atoms with Gasteiger partial charge in [-0.15, -0.1) is 0 Å². The standard InChI is InChI=1S/C9H9Cl2I/c1-9(2)4-6(10)3-8(11)7(9)5-12/h3-5H,1-2H3/b7-5+. The topological polar surface area (TPSA) is 0 Å². The first-order valence-electron chi connectivity index (χ1n) is 3.54. The Morgan fingerprint density at radius 1 is 1.42 bits per heavy atom. The lowest BCUT2D eigenvalue weighted by Crippen LogP contribution is -2.14. The van der Waals surface area contributed by atoms with Crippen molar-refractivity contribution in [2.45, 2.75) is 13.8 Å². The van der Waals surface area contributed by atoms with Crippen LogP contribution in [0.1, 0.15) is 13.8 Å². The highest BCUT2D eigenvalue weighted by atomic mass is 127. The Labute approximate surface area is 96.5 Å². The second-order valence-electron chi connectivity index (χ2n) is 3.27. The average molecular weight is 315 g/mol. The molecule has 66 valence electrons. The van der Waals surface area contributed by atoms with Gasteiger partial charge in [0.25, 0.3) is 0 Å². The summed E-state index contributed by atoms with van der Waals surface area (Å²) in [6.45, 7) is 4.19. The van der Waals surface area contributed by atoms with E-state index in [0.29, 0.717) is 5.03 Å². The molecule has 0 N–H and O–H groups in total. The lowest BCUT2D eigenvalue weighted by Gasteiger charge is -2.27. The van der Waals surface area contributed by atoms with Crippen LogP contribution in [-0.2, 0) is 0 Å². The minimum absolute atomic E-state index is 0.0515. The summed E-state index contributed by atoms with van der Waals surface area (Å²) >= 11 is 14.1. The highest BCUT2D eigenvalue weighted by Gasteiger charge is 2.26. The first-order valence-corrected chi connectivity index (χ1v) is 5.54. The Hall–Kier alpha value is 0.530. The van der Waals surface area contributed by atoms with E-state index in [-0.39, 0.29) is 5.41 Å². The summed E-state index contributed by atoms with van der Waals surface area (Å²) in [6.07, 6.45) is 3.78. The van der Waals surface area contributed by atoms with Gasteiger partial charge in [0.2, 0.25) is 0 Å². The van der Waals surface area contributed by atoms with Crippen LogP contribution in [0.25, 0.3) is 0 Å². The summed E-state index contributed by atoms with van der Waals surface area (Å²) in [5.74, 6) is 0. The van der Waals surface area contributed by atoms with Crippen molar-refractivity contribution in [3.05, 3.63) is 31.9 Å². The highest BCUT2D eigenvalue weighted by Crippen LogP contribution is 2.41. The zero-order chi connectivity index (χ0) is 9.35. The van der Waals surface area contributed by atoms with Crippen LogP contribution in [0.5, 0.6) is 0 Å². The van der Waals surface area contributed by atoms with Gasteiger partial charge in [-0.25, -0.2) is 0 Å². The number of hydrogen-bond donors (Lipinski definition) is 0. The van der Waals surface area contributed by atoms with Crippen LogP contribution in [0, 0.1) is 5.41 Å². The van der Waals surface area contributed by atoms with Crippen molar-refractivity contribution in [3.8, 4) is 0 Å². The molecule has 0 spiro atoms. The number of rotatable bonds is 0. The van der Waals surface area contributed by atoms with Gasteiger partial charge in [-0.05, 0) is 15.7 Å². The fourth-order valence-corrected chi connectivity index (χ4v) is 3.34.